The Balaban J connectivity index is 1.65. The van der Waals surface area contributed by atoms with Crippen LogP contribution in [0.3, 0.4) is 0 Å². The van der Waals surface area contributed by atoms with Crippen molar-refractivity contribution in [3.63, 3.8) is 0 Å². The summed E-state index contributed by atoms with van der Waals surface area (Å²) >= 11 is 6.40. The van der Waals surface area contributed by atoms with Gasteiger partial charge in [-0.05, 0) is 57.4 Å². The van der Waals surface area contributed by atoms with Crippen LogP contribution in [0, 0.1) is 18.8 Å². The van der Waals surface area contributed by atoms with Crippen molar-refractivity contribution in [2.75, 3.05) is 6.54 Å². The Labute approximate surface area is 127 Å². The normalized spacial score (nSPS) is 26.9. The van der Waals surface area contributed by atoms with Crippen LogP contribution in [0.2, 0.25) is 5.15 Å². The SMILES string of the molecule is Cc1nn(C)c(Cl)c1CC1CCCCC1CNC1CC1. The topological polar surface area (TPSA) is 29.9 Å². The van der Waals surface area contributed by atoms with Crippen molar-refractivity contribution in [3.05, 3.63) is 16.4 Å². The maximum absolute atomic E-state index is 6.40. The Morgan fingerprint density at radius 2 is 1.90 bits per heavy atom. The van der Waals surface area contributed by atoms with E-state index in [0.717, 1.165) is 35.1 Å². The number of rotatable bonds is 5. The highest BCUT2D eigenvalue weighted by molar-refractivity contribution is 6.30. The molecule has 4 heteroatoms. The fourth-order valence-electron chi connectivity index (χ4n) is 3.60. The molecule has 3 nitrogen and oxygen atoms in total. The molecule has 0 aromatic carbocycles. The van der Waals surface area contributed by atoms with E-state index in [2.05, 4.69) is 17.3 Å². The van der Waals surface area contributed by atoms with E-state index >= 15 is 0 Å². The van der Waals surface area contributed by atoms with Crippen LogP contribution in [-0.2, 0) is 13.5 Å². The van der Waals surface area contributed by atoms with E-state index < -0.39 is 0 Å². The van der Waals surface area contributed by atoms with Gasteiger partial charge in [-0.3, -0.25) is 4.68 Å². The van der Waals surface area contributed by atoms with Crippen LogP contribution in [0.25, 0.3) is 0 Å². The number of aromatic nitrogens is 2. The van der Waals surface area contributed by atoms with E-state index in [1.807, 2.05) is 11.7 Å². The number of nitrogens with zero attached hydrogens (tertiary/aromatic N) is 2. The first-order valence-electron chi connectivity index (χ1n) is 8.06. The number of nitrogens with one attached hydrogen (secondary N) is 1. The highest BCUT2D eigenvalue weighted by Crippen LogP contribution is 2.35. The fraction of sp³-hybridized carbons (Fsp3) is 0.812. The Bertz CT molecular complexity index is 465. The highest BCUT2D eigenvalue weighted by atomic mass is 35.5. The van der Waals surface area contributed by atoms with Gasteiger partial charge >= 0.3 is 0 Å². The number of hydrogen-bond acceptors (Lipinski definition) is 2. The molecule has 0 amide bonds. The smallest absolute Gasteiger partial charge is 0.130 e. The predicted octanol–water partition coefficient (Wildman–Crippen LogP) is 3.48. The number of hydrogen-bond donors (Lipinski definition) is 1. The molecule has 3 rings (SSSR count). The van der Waals surface area contributed by atoms with Crippen LogP contribution < -0.4 is 5.32 Å². The van der Waals surface area contributed by atoms with Gasteiger partial charge in [0.05, 0.1) is 5.69 Å². The molecule has 112 valence electrons. The van der Waals surface area contributed by atoms with Gasteiger partial charge < -0.3 is 5.32 Å². The Morgan fingerprint density at radius 1 is 1.20 bits per heavy atom. The molecule has 0 spiro atoms. The summed E-state index contributed by atoms with van der Waals surface area (Å²) < 4.78 is 1.81. The van der Waals surface area contributed by atoms with Crippen molar-refractivity contribution in [2.24, 2.45) is 18.9 Å². The Hall–Kier alpha value is -0.540. The lowest BCUT2D eigenvalue weighted by atomic mass is 9.76. The molecule has 1 N–H and O–H groups in total. The Kier molecular flexibility index (Phi) is 4.37. The predicted molar refractivity (Wildman–Crippen MR) is 83.1 cm³/mol. The maximum Gasteiger partial charge on any atom is 0.130 e. The summed E-state index contributed by atoms with van der Waals surface area (Å²) in [7, 11) is 1.94. The van der Waals surface area contributed by atoms with Gasteiger partial charge in [-0.15, -0.1) is 0 Å². The van der Waals surface area contributed by atoms with Crippen LogP contribution in [0.5, 0.6) is 0 Å². The fourth-order valence-corrected chi connectivity index (χ4v) is 3.85. The van der Waals surface area contributed by atoms with Crippen LogP contribution in [-0.4, -0.2) is 22.4 Å². The minimum Gasteiger partial charge on any atom is -0.314 e. The summed E-state index contributed by atoms with van der Waals surface area (Å²) in [6.45, 7) is 3.29. The van der Waals surface area contributed by atoms with E-state index in [1.54, 1.807) is 0 Å². The van der Waals surface area contributed by atoms with Crippen LogP contribution >= 0.6 is 11.6 Å². The molecule has 2 unspecified atom stereocenters. The van der Waals surface area contributed by atoms with Crippen LogP contribution in [0.15, 0.2) is 0 Å². The molecular weight excluding hydrogens is 270 g/mol. The van der Waals surface area contributed by atoms with Crippen molar-refractivity contribution in [2.45, 2.75) is 57.9 Å². The average Bonchev–Trinajstić information content (AvgIpc) is 3.23. The minimum atomic E-state index is 0.774. The van der Waals surface area contributed by atoms with Gasteiger partial charge in [-0.2, -0.15) is 5.10 Å². The molecule has 2 fully saturated rings. The van der Waals surface area contributed by atoms with Crippen molar-refractivity contribution in [1.29, 1.82) is 0 Å². The van der Waals surface area contributed by atoms with Crippen molar-refractivity contribution >= 4 is 11.6 Å². The van der Waals surface area contributed by atoms with Crippen LogP contribution in [0.1, 0.15) is 49.8 Å². The molecule has 1 aromatic heterocycles. The second-order valence-electron chi connectivity index (χ2n) is 6.67. The standard InChI is InChI=1S/C16H26ClN3/c1-11-15(16(17)20(2)19-11)9-12-5-3-4-6-13(12)10-18-14-7-8-14/h12-14,18H,3-10H2,1-2H3. The molecule has 1 heterocycles. The summed E-state index contributed by atoms with van der Waals surface area (Å²) in [5.41, 5.74) is 2.38. The summed E-state index contributed by atoms with van der Waals surface area (Å²) in [4.78, 5) is 0. The van der Waals surface area contributed by atoms with Crippen LogP contribution in [0.4, 0.5) is 0 Å². The van der Waals surface area contributed by atoms with E-state index in [0.29, 0.717) is 0 Å². The molecule has 0 aliphatic heterocycles. The zero-order valence-electron chi connectivity index (χ0n) is 12.7. The van der Waals surface area contributed by atoms with Crippen molar-refractivity contribution < 1.29 is 0 Å². The molecule has 2 saturated carbocycles. The molecule has 2 aliphatic carbocycles. The first-order valence-corrected chi connectivity index (χ1v) is 8.44. The zero-order valence-corrected chi connectivity index (χ0v) is 13.4. The van der Waals surface area contributed by atoms with E-state index in [9.17, 15) is 0 Å². The van der Waals surface area contributed by atoms with Gasteiger partial charge in [0, 0.05) is 18.7 Å². The quantitative estimate of drug-likeness (QED) is 0.901. The first-order chi connectivity index (χ1) is 9.65. The number of aryl methyl sites for hydroxylation is 2. The van der Waals surface area contributed by atoms with Gasteiger partial charge in [0.25, 0.3) is 0 Å². The summed E-state index contributed by atoms with van der Waals surface area (Å²) in [6, 6.07) is 0.821. The van der Waals surface area contributed by atoms with Gasteiger partial charge in [-0.25, -0.2) is 0 Å². The molecular formula is C16H26ClN3. The van der Waals surface area contributed by atoms with Gasteiger partial charge in [0.1, 0.15) is 5.15 Å². The second kappa shape index (κ2) is 6.07. The summed E-state index contributed by atoms with van der Waals surface area (Å²) in [6.07, 6.45) is 9.36. The molecule has 20 heavy (non-hydrogen) atoms. The molecule has 1 aromatic rings. The van der Waals surface area contributed by atoms with Gasteiger partial charge in [0.2, 0.25) is 0 Å². The lowest BCUT2D eigenvalue weighted by Gasteiger charge is -2.32. The monoisotopic (exact) mass is 295 g/mol. The van der Waals surface area contributed by atoms with Gasteiger partial charge in [-0.1, -0.05) is 24.4 Å². The lowest BCUT2D eigenvalue weighted by molar-refractivity contribution is 0.228. The molecule has 2 atom stereocenters. The average molecular weight is 296 g/mol. The zero-order chi connectivity index (χ0) is 14.1. The van der Waals surface area contributed by atoms with E-state index in [4.69, 9.17) is 11.6 Å². The summed E-state index contributed by atoms with van der Waals surface area (Å²) in [5.74, 6) is 1.59. The highest BCUT2D eigenvalue weighted by Gasteiger charge is 2.29. The van der Waals surface area contributed by atoms with Crippen molar-refractivity contribution in [3.8, 4) is 0 Å². The van der Waals surface area contributed by atoms with Gasteiger partial charge in [0.15, 0.2) is 0 Å². The third-order valence-electron chi connectivity index (χ3n) is 5.05. The summed E-state index contributed by atoms with van der Waals surface area (Å²) in [5, 5.41) is 9.01. The molecule has 2 aliphatic rings. The lowest BCUT2D eigenvalue weighted by Crippen LogP contribution is -2.32. The number of halogens is 1. The molecule has 0 bridgehead atoms. The Morgan fingerprint density at radius 3 is 2.50 bits per heavy atom. The van der Waals surface area contributed by atoms with E-state index in [-0.39, 0.29) is 0 Å². The minimum absolute atomic E-state index is 0.774. The third kappa shape index (κ3) is 3.20. The largest absolute Gasteiger partial charge is 0.314 e. The van der Waals surface area contributed by atoms with Crippen molar-refractivity contribution in [1.82, 2.24) is 15.1 Å². The molecule has 0 radical (unpaired) electrons. The third-order valence-corrected chi connectivity index (χ3v) is 5.52. The first kappa shape index (κ1) is 14.4. The molecule has 0 saturated heterocycles. The maximum atomic E-state index is 6.40. The second-order valence-corrected chi connectivity index (χ2v) is 7.03. The van der Waals surface area contributed by atoms with E-state index in [1.165, 1.54) is 50.6 Å².